The molecule has 0 fully saturated rings. The lowest BCUT2D eigenvalue weighted by molar-refractivity contribution is -0.131. The maximum Gasteiger partial charge on any atom is 0.328 e. The van der Waals surface area contributed by atoms with Crippen LogP contribution in [-0.4, -0.2) is 37.4 Å². The fourth-order valence-corrected chi connectivity index (χ4v) is 3.37. The largest absolute Gasteiger partial charge is 0.478 e. The van der Waals surface area contributed by atoms with Gasteiger partial charge in [0.2, 0.25) is 5.95 Å². The van der Waals surface area contributed by atoms with Crippen molar-refractivity contribution in [2.45, 2.75) is 6.54 Å². The van der Waals surface area contributed by atoms with E-state index in [4.69, 9.17) is 16.7 Å². The molecule has 0 bridgehead atoms. The Morgan fingerprint density at radius 3 is 2.85 bits per heavy atom. The molecule has 0 unspecified atom stereocenters. The standard InChI is InChI=1S/C24H20ClFN6O2/c25-20-14-18(6-7-21(20)26)30-24-28-15-19(17-4-1-3-16(13-17)5-8-22(33)34)23(31-24)27-10-12-32-11-2-9-29-32/h1-9,11,13-15H,10,12H2,(H,33,34)(H2,27,28,30,31). The van der Waals surface area contributed by atoms with Gasteiger partial charge in [0.15, 0.2) is 0 Å². The predicted octanol–water partition coefficient (Wildman–Crippen LogP) is 5.09. The quantitative estimate of drug-likeness (QED) is 0.288. The Labute approximate surface area is 199 Å². The summed E-state index contributed by atoms with van der Waals surface area (Å²) in [6.07, 6.45) is 7.84. The van der Waals surface area contributed by atoms with Crippen LogP contribution in [0, 0.1) is 5.82 Å². The van der Waals surface area contributed by atoms with Gasteiger partial charge in [-0.05, 0) is 47.5 Å². The number of nitrogens with one attached hydrogen (secondary N) is 2. The molecule has 0 radical (unpaired) electrons. The van der Waals surface area contributed by atoms with E-state index in [-0.39, 0.29) is 5.02 Å². The minimum absolute atomic E-state index is 0.00887. The summed E-state index contributed by atoms with van der Waals surface area (Å²) in [7, 11) is 0. The lowest BCUT2D eigenvalue weighted by Gasteiger charge is -2.14. The molecule has 4 rings (SSSR count). The molecule has 2 aromatic heterocycles. The van der Waals surface area contributed by atoms with Gasteiger partial charge >= 0.3 is 5.97 Å². The monoisotopic (exact) mass is 478 g/mol. The summed E-state index contributed by atoms with van der Waals surface area (Å²) in [6.45, 7) is 1.17. The second-order valence-electron chi connectivity index (χ2n) is 7.20. The molecule has 3 N–H and O–H groups in total. The van der Waals surface area contributed by atoms with Crippen LogP contribution >= 0.6 is 11.6 Å². The zero-order chi connectivity index (χ0) is 23.9. The van der Waals surface area contributed by atoms with Gasteiger partial charge in [-0.15, -0.1) is 0 Å². The SMILES string of the molecule is O=C(O)C=Cc1cccc(-c2cnc(Nc3ccc(F)c(Cl)c3)nc2NCCn2cccn2)c1. The van der Waals surface area contributed by atoms with E-state index in [1.807, 2.05) is 36.5 Å². The van der Waals surface area contributed by atoms with E-state index in [1.54, 1.807) is 23.1 Å². The van der Waals surface area contributed by atoms with Crippen molar-refractivity contribution < 1.29 is 14.3 Å². The van der Waals surface area contributed by atoms with Crippen molar-refractivity contribution in [1.82, 2.24) is 19.7 Å². The van der Waals surface area contributed by atoms with Crippen LogP contribution < -0.4 is 10.6 Å². The second kappa shape index (κ2) is 10.6. The Morgan fingerprint density at radius 2 is 2.09 bits per heavy atom. The third kappa shape index (κ3) is 5.96. The van der Waals surface area contributed by atoms with Crippen molar-refractivity contribution in [2.24, 2.45) is 0 Å². The molecular formula is C24H20ClFN6O2. The first-order valence-corrected chi connectivity index (χ1v) is 10.7. The number of aliphatic carboxylic acids is 1. The third-order valence-corrected chi connectivity index (χ3v) is 5.06. The Hall–Kier alpha value is -4.24. The number of aromatic nitrogens is 4. The molecule has 10 heteroatoms. The summed E-state index contributed by atoms with van der Waals surface area (Å²) in [5, 5.41) is 19.4. The average Bonchev–Trinajstić information content (AvgIpc) is 3.34. The van der Waals surface area contributed by atoms with Gasteiger partial charge < -0.3 is 15.7 Å². The summed E-state index contributed by atoms with van der Waals surface area (Å²) in [6, 6.07) is 13.5. The van der Waals surface area contributed by atoms with Gasteiger partial charge in [0.05, 0.1) is 11.6 Å². The van der Waals surface area contributed by atoms with Crippen molar-refractivity contribution in [3.63, 3.8) is 0 Å². The Balaban J connectivity index is 1.63. The summed E-state index contributed by atoms with van der Waals surface area (Å²) in [5.41, 5.74) is 2.81. The van der Waals surface area contributed by atoms with Crippen molar-refractivity contribution in [1.29, 1.82) is 0 Å². The van der Waals surface area contributed by atoms with Gasteiger partial charge in [0.1, 0.15) is 11.6 Å². The molecule has 0 saturated carbocycles. The van der Waals surface area contributed by atoms with Crippen LogP contribution in [-0.2, 0) is 11.3 Å². The minimum atomic E-state index is -1.02. The maximum atomic E-state index is 13.5. The Bertz CT molecular complexity index is 1330. The van der Waals surface area contributed by atoms with Crippen LogP contribution in [0.1, 0.15) is 5.56 Å². The van der Waals surface area contributed by atoms with E-state index in [1.165, 1.54) is 18.2 Å². The van der Waals surface area contributed by atoms with Crippen LogP contribution in [0.3, 0.4) is 0 Å². The molecule has 2 heterocycles. The summed E-state index contributed by atoms with van der Waals surface area (Å²) in [4.78, 5) is 19.9. The average molecular weight is 479 g/mol. The second-order valence-corrected chi connectivity index (χ2v) is 7.61. The molecule has 0 aliphatic carbocycles. The highest BCUT2D eigenvalue weighted by Crippen LogP contribution is 2.29. The highest BCUT2D eigenvalue weighted by atomic mass is 35.5. The van der Waals surface area contributed by atoms with Gasteiger partial charge in [-0.3, -0.25) is 4.68 Å². The topological polar surface area (TPSA) is 105 Å². The van der Waals surface area contributed by atoms with Crippen LogP contribution in [0.25, 0.3) is 17.2 Å². The fourth-order valence-electron chi connectivity index (χ4n) is 3.19. The van der Waals surface area contributed by atoms with E-state index in [0.29, 0.717) is 30.5 Å². The summed E-state index contributed by atoms with van der Waals surface area (Å²) >= 11 is 5.88. The van der Waals surface area contributed by atoms with E-state index < -0.39 is 11.8 Å². The third-order valence-electron chi connectivity index (χ3n) is 4.77. The van der Waals surface area contributed by atoms with E-state index >= 15 is 0 Å². The number of halogens is 2. The molecule has 0 saturated heterocycles. The normalized spacial score (nSPS) is 11.0. The number of carbonyl (C=O) groups is 1. The van der Waals surface area contributed by atoms with Crippen LogP contribution in [0.5, 0.6) is 0 Å². The first-order valence-electron chi connectivity index (χ1n) is 10.3. The Kier molecular flexibility index (Phi) is 7.14. The first-order chi connectivity index (χ1) is 16.5. The number of nitrogens with zero attached hydrogens (tertiary/aromatic N) is 4. The molecule has 0 aliphatic rings. The van der Waals surface area contributed by atoms with E-state index in [9.17, 15) is 9.18 Å². The maximum absolute atomic E-state index is 13.5. The molecule has 0 spiro atoms. The fraction of sp³-hybridized carbons (Fsp3) is 0.0833. The molecule has 0 amide bonds. The lowest BCUT2D eigenvalue weighted by atomic mass is 10.0. The van der Waals surface area contributed by atoms with Gasteiger partial charge in [0.25, 0.3) is 0 Å². The predicted molar refractivity (Wildman–Crippen MR) is 130 cm³/mol. The number of hydrogen-bond donors (Lipinski definition) is 3. The molecule has 172 valence electrons. The van der Waals surface area contributed by atoms with Crippen molar-refractivity contribution >= 4 is 41.1 Å². The summed E-state index contributed by atoms with van der Waals surface area (Å²) < 4.78 is 15.3. The summed E-state index contributed by atoms with van der Waals surface area (Å²) in [5.74, 6) is -0.667. The van der Waals surface area contributed by atoms with Gasteiger partial charge in [0, 0.05) is 42.5 Å². The number of rotatable bonds is 9. The minimum Gasteiger partial charge on any atom is -0.478 e. The number of hydrogen-bond acceptors (Lipinski definition) is 6. The van der Waals surface area contributed by atoms with Gasteiger partial charge in [-0.25, -0.2) is 14.2 Å². The smallest absolute Gasteiger partial charge is 0.328 e. The van der Waals surface area contributed by atoms with E-state index in [2.05, 4.69) is 25.7 Å². The van der Waals surface area contributed by atoms with E-state index in [0.717, 1.165) is 22.8 Å². The Morgan fingerprint density at radius 1 is 1.21 bits per heavy atom. The van der Waals surface area contributed by atoms with Gasteiger partial charge in [-0.1, -0.05) is 29.8 Å². The molecule has 34 heavy (non-hydrogen) atoms. The molecular weight excluding hydrogens is 459 g/mol. The van der Waals surface area contributed by atoms with Crippen molar-refractivity contribution in [2.75, 3.05) is 17.2 Å². The highest BCUT2D eigenvalue weighted by molar-refractivity contribution is 6.31. The zero-order valence-electron chi connectivity index (χ0n) is 17.8. The van der Waals surface area contributed by atoms with Crippen LogP contribution in [0.4, 0.5) is 21.8 Å². The molecule has 2 aromatic carbocycles. The lowest BCUT2D eigenvalue weighted by Crippen LogP contribution is -2.13. The van der Waals surface area contributed by atoms with Crippen LogP contribution in [0.15, 0.2) is 73.2 Å². The van der Waals surface area contributed by atoms with Crippen molar-refractivity contribution in [3.8, 4) is 11.1 Å². The number of benzene rings is 2. The molecule has 0 aliphatic heterocycles. The highest BCUT2D eigenvalue weighted by Gasteiger charge is 2.11. The molecule has 8 nitrogen and oxygen atoms in total. The molecule has 0 atom stereocenters. The number of carboxylic acids is 1. The first kappa shape index (κ1) is 22.9. The zero-order valence-corrected chi connectivity index (χ0v) is 18.6. The van der Waals surface area contributed by atoms with Crippen molar-refractivity contribution in [3.05, 3.63) is 89.6 Å². The van der Waals surface area contributed by atoms with Crippen LogP contribution in [0.2, 0.25) is 5.02 Å². The van der Waals surface area contributed by atoms with Gasteiger partial charge in [-0.2, -0.15) is 10.1 Å². The number of anilines is 3. The molecule has 4 aromatic rings. The number of carboxylic acid groups (broad SMARTS) is 1.